The summed E-state index contributed by atoms with van der Waals surface area (Å²) in [5.41, 5.74) is 5.14. The molecule has 6 aromatic rings. The molecule has 58 heavy (non-hydrogen) atoms. The topological polar surface area (TPSA) is 158 Å². The van der Waals surface area contributed by atoms with E-state index in [1.54, 1.807) is 30.5 Å². The molecule has 0 aliphatic carbocycles. The summed E-state index contributed by atoms with van der Waals surface area (Å²) in [6.07, 6.45) is -0.0518. The highest BCUT2D eigenvalue weighted by Gasteiger charge is 2.47. The van der Waals surface area contributed by atoms with Crippen molar-refractivity contribution >= 4 is 35.0 Å². The number of aromatic amines is 1. The van der Waals surface area contributed by atoms with Crippen LogP contribution in [0.15, 0.2) is 114 Å². The zero-order chi connectivity index (χ0) is 41.0. The summed E-state index contributed by atoms with van der Waals surface area (Å²) in [6, 6.07) is 33.9. The molecule has 1 aliphatic heterocycles. The largest absolute Gasteiger partial charge is 0.460 e. The predicted octanol–water partition coefficient (Wildman–Crippen LogP) is 6.23. The molecule has 13 heteroatoms. The predicted molar refractivity (Wildman–Crippen MR) is 218 cm³/mol. The van der Waals surface area contributed by atoms with Crippen LogP contribution in [0.5, 0.6) is 0 Å². The maximum absolute atomic E-state index is 13.2. The average Bonchev–Trinajstić information content (AvgIpc) is 3.67. The number of amides is 1. The van der Waals surface area contributed by atoms with Gasteiger partial charge in [-0.2, -0.15) is 4.98 Å². The summed E-state index contributed by atoms with van der Waals surface area (Å²) in [7, 11) is 0. The highest BCUT2D eigenvalue weighted by Crippen LogP contribution is 2.45. The van der Waals surface area contributed by atoms with E-state index in [0.717, 1.165) is 33.4 Å². The molecule has 4 aromatic carbocycles. The Morgan fingerprint density at radius 1 is 0.862 bits per heavy atom. The van der Waals surface area contributed by atoms with Crippen LogP contribution < -0.4 is 10.9 Å². The molecular weight excluding hydrogens is 737 g/mol. The number of nitrogens with zero attached hydrogens (tertiary/aromatic N) is 4. The number of carbonyl (C=O) groups excluding carboxylic acids is 3. The number of H-pyrrole nitrogens is 1. The van der Waals surface area contributed by atoms with E-state index in [-0.39, 0.29) is 42.1 Å². The average molecular weight is 783 g/mol. The number of imidazole rings is 1. The molecule has 0 bridgehead atoms. The Kier molecular flexibility index (Phi) is 11.6. The molecular formula is C45H46N6O7. The third-order valence-corrected chi connectivity index (χ3v) is 10.6. The number of hydrogen-bond donors (Lipinski definition) is 2. The fourth-order valence-corrected chi connectivity index (χ4v) is 7.47. The Bertz CT molecular complexity index is 2360. The number of carbonyl (C=O) groups is 3. The van der Waals surface area contributed by atoms with Gasteiger partial charge >= 0.3 is 11.9 Å². The van der Waals surface area contributed by atoms with Gasteiger partial charge in [0.2, 0.25) is 11.9 Å². The van der Waals surface area contributed by atoms with Gasteiger partial charge in [0.05, 0.1) is 17.4 Å². The molecule has 0 saturated carbocycles. The van der Waals surface area contributed by atoms with Crippen LogP contribution >= 0.6 is 0 Å². The van der Waals surface area contributed by atoms with Crippen molar-refractivity contribution in [2.45, 2.75) is 52.5 Å². The number of nitrogens with one attached hydrogen (secondary N) is 2. The standard InChI is InChI=1S/C45H46N6O7/c1-28(2)41(53)48-44-47-40-39(42(54)49-44)46-27-51(40)37-24-50(23-36(58-37)25-56-38(52)26-57-43(55)32-21-29(3)31(5)30(4)22-32)45(33-15-9-6-10-16-33,34-17-11-7-12-18-34)35-19-13-8-14-20-35/h6-22,27-28,36-37H,23-26H2,1-5H3,(H2,47,48,49,53,54). The molecule has 3 heterocycles. The first-order valence-corrected chi connectivity index (χ1v) is 19.2. The molecule has 2 atom stereocenters. The van der Waals surface area contributed by atoms with Gasteiger partial charge in [-0.15, -0.1) is 0 Å². The van der Waals surface area contributed by atoms with Crippen molar-refractivity contribution in [3.63, 3.8) is 0 Å². The van der Waals surface area contributed by atoms with Crippen molar-refractivity contribution in [3.05, 3.63) is 159 Å². The highest BCUT2D eigenvalue weighted by molar-refractivity contribution is 5.92. The second-order valence-corrected chi connectivity index (χ2v) is 14.8. The Balaban J connectivity index is 1.26. The number of fused-ring (bicyclic) bond motifs is 1. The molecule has 13 nitrogen and oxygen atoms in total. The van der Waals surface area contributed by atoms with Crippen LogP contribution in [-0.4, -0.2) is 74.7 Å². The van der Waals surface area contributed by atoms with E-state index >= 15 is 0 Å². The lowest BCUT2D eigenvalue weighted by molar-refractivity contribution is -0.171. The van der Waals surface area contributed by atoms with Gasteiger partial charge in [0.25, 0.3) is 5.56 Å². The molecule has 298 valence electrons. The fourth-order valence-electron chi connectivity index (χ4n) is 7.47. The Labute approximate surface area is 336 Å². The Hall–Kier alpha value is -6.44. The molecule has 1 aliphatic rings. The van der Waals surface area contributed by atoms with E-state index in [1.165, 1.54) is 6.33 Å². The smallest absolute Gasteiger partial charge is 0.344 e. The van der Waals surface area contributed by atoms with E-state index in [9.17, 15) is 19.2 Å². The number of hydrogen-bond acceptors (Lipinski definition) is 10. The van der Waals surface area contributed by atoms with Crippen LogP contribution in [0.2, 0.25) is 0 Å². The molecule has 0 radical (unpaired) electrons. The van der Waals surface area contributed by atoms with Crippen LogP contribution in [0.4, 0.5) is 5.95 Å². The summed E-state index contributed by atoms with van der Waals surface area (Å²) < 4.78 is 19.5. The van der Waals surface area contributed by atoms with Crippen molar-refractivity contribution in [3.8, 4) is 0 Å². The van der Waals surface area contributed by atoms with E-state index < -0.39 is 42.0 Å². The van der Waals surface area contributed by atoms with Gasteiger partial charge in [-0.05, 0) is 66.3 Å². The zero-order valence-corrected chi connectivity index (χ0v) is 33.1. The lowest BCUT2D eigenvalue weighted by atomic mass is 9.75. The van der Waals surface area contributed by atoms with Gasteiger partial charge in [0.15, 0.2) is 17.8 Å². The normalized spacial score (nSPS) is 16.0. The summed E-state index contributed by atoms with van der Waals surface area (Å²) in [6.45, 7) is 9.08. The van der Waals surface area contributed by atoms with Gasteiger partial charge < -0.3 is 14.2 Å². The summed E-state index contributed by atoms with van der Waals surface area (Å²) in [5.74, 6) is -2.05. The number of esters is 2. The zero-order valence-electron chi connectivity index (χ0n) is 33.1. The van der Waals surface area contributed by atoms with E-state index in [2.05, 4.69) is 61.6 Å². The van der Waals surface area contributed by atoms with Crippen molar-refractivity contribution < 1.29 is 28.6 Å². The number of aryl methyl sites for hydroxylation is 2. The second-order valence-electron chi connectivity index (χ2n) is 14.8. The van der Waals surface area contributed by atoms with Gasteiger partial charge in [-0.3, -0.25) is 29.4 Å². The summed E-state index contributed by atoms with van der Waals surface area (Å²) in [5, 5.41) is 2.68. The van der Waals surface area contributed by atoms with E-state index in [4.69, 9.17) is 14.2 Å². The lowest BCUT2D eigenvalue weighted by Gasteiger charge is -2.50. The van der Waals surface area contributed by atoms with E-state index in [1.807, 2.05) is 75.4 Å². The highest BCUT2D eigenvalue weighted by atomic mass is 16.6. The van der Waals surface area contributed by atoms with Gasteiger partial charge in [-0.1, -0.05) is 105 Å². The molecule has 2 unspecified atom stereocenters. The number of morpholine rings is 1. The van der Waals surface area contributed by atoms with Gasteiger partial charge in [0, 0.05) is 19.0 Å². The third-order valence-electron chi connectivity index (χ3n) is 10.6. The van der Waals surface area contributed by atoms with Crippen LogP contribution in [0.1, 0.15) is 63.8 Å². The number of aromatic nitrogens is 4. The number of rotatable bonds is 12. The minimum Gasteiger partial charge on any atom is -0.460 e. The molecule has 1 fully saturated rings. The number of benzene rings is 4. The monoisotopic (exact) mass is 782 g/mol. The quantitative estimate of drug-likeness (QED) is 0.108. The number of anilines is 1. The molecule has 2 N–H and O–H groups in total. The van der Waals surface area contributed by atoms with Gasteiger partial charge in [0.1, 0.15) is 18.9 Å². The summed E-state index contributed by atoms with van der Waals surface area (Å²) >= 11 is 0. The first-order chi connectivity index (χ1) is 27.9. The van der Waals surface area contributed by atoms with E-state index in [0.29, 0.717) is 12.1 Å². The van der Waals surface area contributed by atoms with Crippen molar-refractivity contribution in [2.24, 2.45) is 5.92 Å². The molecule has 1 saturated heterocycles. The number of ether oxygens (including phenoxy) is 3. The lowest BCUT2D eigenvalue weighted by Crippen LogP contribution is -2.57. The molecule has 7 rings (SSSR count). The second kappa shape index (κ2) is 17.0. The van der Waals surface area contributed by atoms with Crippen LogP contribution in [0.3, 0.4) is 0 Å². The maximum Gasteiger partial charge on any atom is 0.344 e. The van der Waals surface area contributed by atoms with Crippen LogP contribution in [-0.2, 0) is 29.3 Å². The minimum absolute atomic E-state index is 0.0196. The van der Waals surface area contributed by atoms with Crippen molar-refractivity contribution in [1.29, 1.82) is 0 Å². The SMILES string of the molecule is Cc1cc(C(=O)OCC(=O)OCC2CN(C(c3ccccc3)(c3ccccc3)c3ccccc3)CC(n3cnc4c(=O)[nH]c(NC(=O)C(C)C)nc43)O2)cc(C)c1C. The van der Waals surface area contributed by atoms with Crippen LogP contribution in [0, 0.1) is 26.7 Å². The minimum atomic E-state index is -0.883. The molecule has 0 spiro atoms. The Morgan fingerprint density at radius 3 is 1.98 bits per heavy atom. The fraction of sp³-hybridized carbons (Fsp3) is 0.289. The molecule has 1 amide bonds. The van der Waals surface area contributed by atoms with Crippen molar-refractivity contribution in [1.82, 2.24) is 24.4 Å². The first kappa shape index (κ1) is 39.8. The summed E-state index contributed by atoms with van der Waals surface area (Å²) in [4.78, 5) is 65.9. The van der Waals surface area contributed by atoms with Gasteiger partial charge in [-0.25, -0.2) is 14.6 Å². The van der Waals surface area contributed by atoms with Crippen molar-refractivity contribution in [2.75, 3.05) is 31.6 Å². The molecule has 2 aromatic heterocycles. The third kappa shape index (κ3) is 8.04. The first-order valence-electron chi connectivity index (χ1n) is 19.2. The van der Waals surface area contributed by atoms with Crippen LogP contribution in [0.25, 0.3) is 11.2 Å². The Morgan fingerprint density at radius 2 is 1.43 bits per heavy atom. The maximum atomic E-state index is 13.2.